The van der Waals surface area contributed by atoms with Crippen LogP contribution in [0.25, 0.3) is 0 Å². The van der Waals surface area contributed by atoms with Gasteiger partial charge in [0.1, 0.15) is 0 Å². The van der Waals surface area contributed by atoms with Crippen molar-refractivity contribution in [3.05, 3.63) is 70.3 Å². The number of rotatable bonds is 6. The summed E-state index contributed by atoms with van der Waals surface area (Å²) in [4.78, 5) is 39.6. The normalized spacial score (nSPS) is 19.1. The van der Waals surface area contributed by atoms with Crippen molar-refractivity contribution in [1.82, 2.24) is 10.2 Å². The third-order valence-electron chi connectivity index (χ3n) is 5.84. The van der Waals surface area contributed by atoms with E-state index in [1.54, 1.807) is 12.1 Å². The maximum absolute atomic E-state index is 12.9. The summed E-state index contributed by atoms with van der Waals surface area (Å²) in [5.41, 5.74) is 3.20. The summed E-state index contributed by atoms with van der Waals surface area (Å²) in [5, 5.41) is 3.04. The van der Waals surface area contributed by atoms with Gasteiger partial charge in [0.05, 0.1) is 29.8 Å². The van der Waals surface area contributed by atoms with Gasteiger partial charge in [-0.1, -0.05) is 36.8 Å². The summed E-state index contributed by atoms with van der Waals surface area (Å²) >= 11 is 0. The average molecular weight is 406 g/mol. The predicted octanol–water partition coefficient (Wildman–Crippen LogP) is 3.65. The van der Waals surface area contributed by atoms with Gasteiger partial charge in [0.25, 0.3) is 17.7 Å². The minimum Gasteiger partial charge on any atom is -0.376 e. The molecule has 1 N–H and O–H groups in total. The molecule has 4 rings (SSSR count). The second-order valence-electron chi connectivity index (χ2n) is 7.96. The number of hydrogen-bond donors (Lipinski definition) is 1. The molecule has 6 nitrogen and oxygen atoms in total. The first-order chi connectivity index (χ1) is 14.5. The molecule has 2 aliphatic rings. The molecule has 0 aromatic heterocycles. The van der Waals surface area contributed by atoms with Crippen LogP contribution in [0.4, 0.5) is 0 Å². The fourth-order valence-corrected chi connectivity index (χ4v) is 4.05. The molecule has 1 saturated heterocycles. The first-order valence-corrected chi connectivity index (χ1v) is 10.5. The molecular weight excluding hydrogens is 380 g/mol. The Morgan fingerprint density at radius 1 is 1.13 bits per heavy atom. The third-order valence-corrected chi connectivity index (χ3v) is 5.84. The Kier molecular flexibility index (Phi) is 5.68. The Balaban J connectivity index is 1.51. The summed E-state index contributed by atoms with van der Waals surface area (Å²) in [7, 11) is 0. The standard InChI is InChI=1S/C24H26N2O4/c1-3-21(16-8-6-15(2)7-9-16)25-22(27)17-10-11-19-20(13-17)24(29)26(23(19)28)14-18-5-4-12-30-18/h6-11,13,18,21H,3-5,12,14H2,1-2H3,(H,25,27). The molecule has 2 aromatic carbocycles. The van der Waals surface area contributed by atoms with Gasteiger partial charge in [0.2, 0.25) is 0 Å². The molecule has 0 aliphatic carbocycles. The lowest BCUT2D eigenvalue weighted by Crippen LogP contribution is -2.36. The second-order valence-corrected chi connectivity index (χ2v) is 7.96. The van der Waals surface area contributed by atoms with E-state index in [4.69, 9.17) is 4.74 Å². The number of ether oxygens (including phenoxy) is 1. The van der Waals surface area contributed by atoms with Gasteiger partial charge in [-0.3, -0.25) is 19.3 Å². The highest BCUT2D eigenvalue weighted by Gasteiger charge is 2.38. The molecule has 0 saturated carbocycles. The minimum atomic E-state index is -0.356. The predicted molar refractivity (Wildman–Crippen MR) is 112 cm³/mol. The summed E-state index contributed by atoms with van der Waals surface area (Å²) in [5.74, 6) is -0.933. The van der Waals surface area contributed by atoms with E-state index in [1.165, 1.54) is 11.0 Å². The van der Waals surface area contributed by atoms with Crippen LogP contribution >= 0.6 is 0 Å². The number of amides is 3. The van der Waals surface area contributed by atoms with Crippen molar-refractivity contribution in [2.75, 3.05) is 13.2 Å². The van der Waals surface area contributed by atoms with Crippen LogP contribution in [0.1, 0.15) is 74.4 Å². The molecule has 2 aliphatic heterocycles. The fraction of sp³-hybridized carbons (Fsp3) is 0.375. The van der Waals surface area contributed by atoms with E-state index in [0.29, 0.717) is 17.7 Å². The zero-order chi connectivity index (χ0) is 21.3. The molecule has 2 atom stereocenters. The highest BCUT2D eigenvalue weighted by Crippen LogP contribution is 2.26. The number of carbonyl (C=O) groups excluding carboxylic acids is 3. The molecule has 2 unspecified atom stereocenters. The van der Waals surface area contributed by atoms with Gasteiger partial charge in [-0.15, -0.1) is 0 Å². The van der Waals surface area contributed by atoms with Crippen molar-refractivity contribution >= 4 is 17.7 Å². The first kappa shape index (κ1) is 20.3. The van der Waals surface area contributed by atoms with Crippen LogP contribution in [0.5, 0.6) is 0 Å². The van der Waals surface area contributed by atoms with E-state index in [1.807, 2.05) is 38.1 Å². The fourth-order valence-electron chi connectivity index (χ4n) is 4.05. The molecule has 2 aromatic rings. The third kappa shape index (κ3) is 3.87. The van der Waals surface area contributed by atoms with Gasteiger partial charge >= 0.3 is 0 Å². The lowest BCUT2D eigenvalue weighted by molar-refractivity contribution is 0.0475. The summed E-state index contributed by atoms with van der Waals surface area (Å²) in [6, 6.07) is 12.7. The largest absolute Gasteiger partial charge is 0.376 e. The second kappa shape index (κ2) is 8.40. The molecule has 30 heavy (non-hydrogen) atoms. The molecule has 3 amide bonds. The van der Waals surface area contributed by atoms with Crippen LogP contribution in [0, 0.1) is 6.92 Å². The number of aryl methyl sites for hydroxylation is 1. The number of benzene rings is 2. The number of hydrogen-bond acceptors (Lipinski definition) is 4. The Morgan fingerprint density at radius 3 is 2.53 bits per heavy atom. The van der Waals surface area contributed by atoms with Crippen molar-refractivity contribution in [3.63, 3.8) is 0 Å². The van der Waals surface area contributed by atoms with E-state index in [0.717, 1.165) is 30.4 Å². The topological polar surface area (TPSA) is 75.7 Å². The van der Waals surface area contributed by atoms with Crippen molar-refractivity contribution in [2.24, 2.45) is 0 Å². The van der Waals surface area contributed by atoms with Crippen LogP contribution in [0.15, 0.2) is 42.5 Å². The average Bonchev–Trinajstić information content (AvgIpc) is 3.35. The lowest BCUT2D eigenvalue weighted by Gasteiger charge is -2.18. The van der Waals surface area contributed by atoms with Gasteiger partial charge in [0, 0.05) is 12.2 Å². The zero-order valence-corrected chi connectivity index (χ0v) is 17.3. The van der Waals surface area contributed by atoms with E-state index in [2.05, 4.69) is 5.32 Å². The highest BCUT2D eigenvalue weighted by atomic mass is 16.5. The van der Waals surface area contributed by atoms with E-state index in [-0.39, 0.29) is 42.0 Å². The number of carbonyl (C=O) groups is 3. The molecule has 0 spiro atoms. The monoisotopic (exact) mass is 406 g/mol. The van der Waals surface area contributed by atoms with Gasteiger partial charge in [-0.25, -0.2) is 0 Å². The van der Waals surface area contributed by atoms with Gasteiger partial charge < -0.3 is 10.1 Å². The molecule has 0 bridgehead atoms. The summed E-state index contributed by atoms with van der Waals surface area (Å²) in [6.07, 6.45) is 2.43. The minimum absolute atomic E-state index is 0.102. The molecule has 1 fully saturated rings. The van der Waals surface area contributed by atoms with Crippen LogP contribution < -0.4 is 5.32 Å². The number of nitrogens with zero attached hydrogens (tertiary/aromatic N) is 1. The number of imide groups is 1. The first-order valence-electron chi connectivity index (χ1n) is 10.5. The maximum atomic E-state index is 12.9. The van der Waals surface area contributed by atoms with Crippen LogP contribution in [0.3, 0.4) is 0 Å². The SMILES string of the molecule is CCC(NC(=O)c1ccc2c(c1)C(=O)N(CC1CCCO1)C2=O)c1ccc(C)cc1. The van der Waals surface area contributed by atoms with Crippen LogP contribution in [0.2, 0.25) is 0 Å². The molecule has 0 radical (unpaired) electrons. The summed E-state index contributed by atoms with van der Waals surface area (Å²) in [6.45, 7) is 4.96. The van der Waals surface area contributed by atoms with E-state index >= 15 is 0 Å². The number of fused-ring (bicyclic) bond motifs is 1. The maximum Gasteiger partial charge on any atom is 0.261 e. The Hall–Kier alpha value is -2.99. The number of nitrogens with one attached hydrogen (secondary N) is 1. The molecule has 156 valence electrons. The van der Waals surface area contributed by atoms with E-state index in [9.17, 15) is 14.4 Å². The lowest BCUT2D eigenvalue weighted by atomic mass is 10.0. The van der Waals surface area contributed by atoms with Crippen LogP contribution in [-0.4, -0.2) is 41.9 Å². The van der Waals surface area contributed by atoms with Crippen LogP contribution in [-0.2, 0) is 4.74 Å². The Bertz CT molecular complexity index is 977. The van der Waals surface area contributed by atoms with Gasteiger partial charge in [0.15, 0.2) is 0 Å². The molecule has 2 heterocycles. The zero-order valence-electron chi connectivity index (χ0n) is 17.3. The van der Waals surface area contributed by atoms with Crippen molar-refractivity contribution in [3.8, 4) is 0 Å². The summed E-state index contributed by atoms with van der Waals surface area (Å²) < 4.78 is 5.57. The van der Waals surface area contributed by atoms with Crippen molar-refractivity contribution < 1.29 is 19.1 Å². The quantitative estimate of drug-likeness (QED) is 0.743. The smallest absolute Gasteiger partial charge is 0.261 e. The Labute approximate surface area is 176 Å². The van der Waals surface area contributed by atoms with Crippen molar-refractivity contribution in [2.45, 2.75) is 45.3 Å². The highest BCUT2D eigenvalue weighted by molar-refractivity contribution is 6.22. The molecular formula is C24H26N2O4. The molecule has 6 heteroatoms. The van der Waals surface area contributed by atoms with E-state index < -0.39 is 0 Å². The Morgan fingerprint density at radius 2 is 1.87 bits per heavy atom. The van der Waals surface area contributed by atoms with Crippen molar-refractivity contribution in [1.29, 1.82) is 0 Å². The van der Waals surface area contributed by atoms with Gasteiger partial charge in [-0.05, 0) is 49.9 Å². The van der Waals surface area contributed by atoms with Gasteiger partial charge in [-0.2, -0.15) is 0 Å².